The molecule has 2 N–H and O–H groups in total. The van der Waals surface area contributed by atoms with Crippen molar-refractivity contribution in [2.45, 2.75) is 4.90 Å². The van der Waals surface area contributed by atoms with E-state index in [1.54, 1.807) is 7.05 Å². The van der Waals surface area contributed by atoms with Crippen molar-refractivity contribution in [2.24, 2.45) is 0 Å². The summed E-state index contributed by atoms with van der Waals surface area (Å²) in [6.07, 6.45) is 2.40. The minimum atomic E-state index is -3.88. The third-order valence-electron chi connectivity index (χ3n) is 2.31. The smallest absolute Gasteiger partial charge is 0.266 e. The van der Waals surface area contributed by atoms with Gasteiger partial charge in [0.15, 0.2) is 0 Å². The van der Waals surface area contributed by atoms with E-state index in [-0.39, 0.29) is 16.5 Å². The number of nitrogens with one attached hydrogen (secondary N) is 2. The second kappa shape index (κ2) is 5.71. The Morgan fingerprint density at radius 3 is 2.60 bits per heavy atom. The van der Waals surface area contributed by atoms with Crippen LogP contribution in [-0.2, 0) is 10.0 Å². The second-order valence-corrected chi connectivity index (χ2v) is 6.28. The molecule has 0 fully saturated rings. The van der Waals surface area contributed by atoms with Gasteiger partial charge in [-0.1, -0.05) is 0 Å². The van der Waals surface area contributed by atoms with Crippen LogP contribution in [0.1, 0.15) is 0 Å². The number of halogens is 2. The predicted molar refractivity (Wildman–Crippen MR) is 76.5 cm³/mol. The molecule has 2 heterocycles. The van der Waals surface area contributed by atoms with Gasteiger partial charge in [-0.2, -0.15) is 0 Å². The minimum Gasteiger partial charge on any atom is -0.372 e. The summed E-state index contributed by atoms with van der Waals surface area (Å²) >= 11 is 3.17. The molecule has 0 atom stereocenters. The van der Waals surface area contributed by atoms with Crippen molar-refractivity contribution in [3.8, 4) is 0 Å². The van der Waals surface area contributed by atoms with Gasteiger partial charge in [0.05, 0.1) is 6.20 Å². The molecule has 0 aliphatic heterocycles. The van der Waals surface area contributed by atoms with Crippen LogP contribution in [0, 0.1) is 5.82 Å². The van der Waals surface area contributed by atoms with Crippen LogP contribution in [0.2, 0.25) is 0 Å². The van der Waals surface area contributed by atoms with E-state index in [1.165, 1.54) is 18.3 Å². The molecule has 0 radical (unpaired) electrons. The highest BCUT2D eigenvalue weighted by molar-refractivity contribution is 9.10. The highest BCUT2D eigenvalue weighted by atomic mass is 79.9. The van der Waals surface area contributed by atoms with Crippen LogP contribution in [0.15, 0.2) is 40.0 Å². The van der Waals surface area contributed by atoms with Gasteiger partial charge in [0, 0.05) is 17.7 Å². The molecular weight excluding hydrogens is 351 g/mol. The maximum Gasteiger partial charge on any atom is 0.266 e. The van der Waals surface area contributed by atoms with Crippen molar-refractivity contribution in [1.82, 2.24) is 9.97 Å². The molecule has 106 valence electrons. The standard InChI is InChI=1S/C11H10BrFN4O2S/c1-14-11-9(4-7(12)5-16-11)20(18,19)17-10-3-2-8(13)6-15-10/h2-6H,1H3,(H,14,16)(H,15,17). The van der Waals surface area contributed by atoms with Gasteiger partial charge in [-0.15, -0.1) is 0 Å². The molecular formula is C11H10BrFN4O2S. The van der Waals surface area contributed by atoms with Gasteiger partial charge in [0.2, 0.25) is 0 Å². The van der Waals surface area contributed by atoms with E-state index in [9.17, 15) is 12.8 Å². The molecule has 2 aromatic heterocycles. The molecule has 0 saturated heterocycles. The zero-order valence-electron chi connectivity index (χ0n) is 10.3. The number of hydrogen-bond acceptors (Lipinski definition) is 5. The van der Waals surface area contributed by atoms with E-state index < -0.39 is 15.8 Å². The Balaban J connectivity index is 2.40. The van der Waals surface area contributed by atoms with Crippen molar-refractivity contribution in [3.05, 3.63) is 40.9 Å². The summed E-state index contributed by atoms with van der Waals surface area (Å²) < 4.78 is 40.1. The third-order valence-corrected chi connectivity index (χ3v) is 4.11. The lowest BCUT2D eigenvalue weighted by molar-refractivity contribution is 0.600. The summed E-state index contributed by atoms with van der Waals surface area (Å²) in [5, 5.41) is 2.69. The number of nitrogens with zero attached hydrogens (tertiary/aromatic N) is 2. The number of anilines is 2. The SMILES string of the molecule is CNc1ncc(Br)cc1S(=O)(=O)Nc1ccc(F)cn1. The van der Waals surface area contributed by atoms with Crippen molar-refractivity contribution in [2.75, 3.05) is 17.1 Å². The molecule has 0 aromatic carbocycles. The number of sulfonamides is 1. The van der Waals surface area contributed by atoms with Gasteiger partial charge in [-0.3, -0.25) is 4.72 Å². The quantitative estimate of drug-likeness (QED) is 0.873. The largest absolute Gasteiger partial charge is 0.372 e. The topological polar surface area (TPSA) is 84.0 Å². The first kappa shape index (κ1) is 14.7. The molecule has 0 bridgehead atoms. The maximum atomic E-state index is 12.7. The monoisotopic (exact) mass is 360 g/mol. The second-order valence-electron chi connectivity index (χ2n) is 3.72. The van der Waals surface area contributed by atoms with Gasteiger partial charge in [0.25, 0.3) is 10.0 Å². The first-order valence-electron chi connectivity index (χ1n) is 5.40. The highest BCUT2D eigenvalue weighted by Gasteiger charge is 2.20. The number of pyridine rings is 2. The Kier molecular flexibility index (Phi) is 4.19. The van der Waals surface area contributed by atoms with E-state index in [4.69, 9.17) is 0 Å². The van der Waals surface area contributed by atoms with Gasteiger partial charge >= 0.3 is 0 Å². The normalized spacial score (nSPS) is 11.2. The highest BCUT2D eigenvalue weighted by Crippen LogP contribution is 2.24. The van der Waals surface area contributed by atoms with Crippen LogP contribution in [0.25, 0.3) is 0 Å². The first-order chi connectivity index (χ1) is 9.42. The summed E-state index contributed by atoms with van der Waals surface area (Å²) in [5.41, 5.74) is 0. The van der Waals surface area contributed by atoms with E-state index in [0.29, 0.717) is 4.47 Å². The fourth-order valence-corrected chi connectivity index (χ4v) is 3.12. The summed E-state index contributed by atoms with van der Waals surface area (Å²) in [4.78, 5) is 7.57. The third kappa shape index (κ3) is 3.23. The molecule has 0 spiro atoms. The molecule has 9 heteroatoms. The van der Waals surface area contributed by atoms with E-state index in [2.05, 4.69) is 35.9 Å². The van der Waals surface area contributed by atoms with Crippen molar-refractivity contribution in [3.63, 3.8) is 0 Å². The van der Waals surface area contributed by atoms with E-state index in [0.717, 1.165) is 12.3 Å². The van der Waals surface area contributed by atoms with E-state index in [1.807, 2.05) is 0 Å². The molecule has 0 amide bonds. The zero-order chi connectivity index (χ0) is 14.8. The maximum absolute atomic E-state index is 12.7. The average molecular weight is 361 g/mol. The van der Waals surface area contributed by atoms with E-state index >= 15 is 0 Å². The summed E-state index contributed by atoms with van der Waals surface area (Å²) in [5.74, 6) is -0.329. The Morgan fingerprint density at radius 2 is 2.00 bits per heavy atom. The fraction of sp³-hybridized carbons (Fsp3) is 0.0909. The van der Waals surface area contributed by atoms with Crippen LogP contribution in [0.4, 0.5) is 16.0 Å². The van der Waals surface area contributed by atoms with Crippen molar-refractivity contribution in [1.29, 1.82) is 0 Å². The average Bonchev–Trinajstić information content (AvgIpc) is 2.41. The molecule has 0 saturated carbocycles. The summed E-state index contributed by atoms with van der Waals surface area (Å²) in [6.45, 7) is 0. The lowest BCUT2D eigenvalue weighted by atomic mass is 10.4. The number of hydrogen-bond donors (Lipinski definition) is 2. The predicted octanol–water partition coefficient (Wildman–Crippen LogP) is 2.22. The van der Waals surface area contributed by atoms with Gasteiger partial charge in [0.1, 0.15) is 22.3 Å². The molecule has 6 nitrogen and oxygen atoms in total. The Hall–Kier alpha value is -1.74. The Morgan fingerprint density at radius 1 is 1.25 bits per heavy atom. The Labute approximate surface area is 123 Å². The molecule has 20 heavy (non-hydrogen) atoms. The number of aromatic nitrogens is 2. The summed E-state index contributed by atoms with van der Waals surface area (Å²) in [7, 11) is -2.32. The first-order valence-corrected chi connectivity index (χ1v) is 7.67. The van der Waals surface area contributed by atoms with Crippen LogP contribution in [-0.4, -0.2) is 25.4 Å². The minimum absolute atomic E-state index is 0.0217. The van der Waals surface area contributed by atoms with Crippen LogP contribution < -0.4 is 10.0 Å². The van der Waals surface area contributed by atoms with Crippen molar-refractivity contribution < 1.29 is 12.8 Å². The summed E-state index contributed by atoms with van der Waals surface area (Å²) in [6, 6.07) is 3.75. The van der Waals surface area contributed by atoms with Gasteiger partial charge < -0.3 is 5.32 Å². The van der Waals surface area contributed by atoms with Crippen molar-refractivity contribution >= 4 is 37.6 Å². The molecule has 2 aromatic rings. The van der Waals surface area contributed by atoms with Crippen LogP contribution >= 0.6 is 15.9 Å². The van der Waals surface area contributed by atoms with Gasteiger partial charge in [-0.05, 0) is 34.1 Å². The lowest BCUT2D eigenvalue weighted by Crippen LogP contribution is -2.16. The van der Waals surface area contributed by atoms with Gasteiger partial charge in [-0.25, -0.2) is 22.8 Å². The molecule has 0 aliphatic carbocycles. The molecule has 0 unspecified atom stereocenters. The van der Waals surface area contributed by atoms with Crippen LogP contribution in [0.5, 0.6) is 0 Å². The van der Waals surface area contributed by atoms with Crippen LogP contribution in [0.3, 0.4) is 0 Å². The fourth-order valence-electron chi connectivity index (χ4n) is 1.44. The Bertz CT molecular complexity index is 722. The molecule has 0 aliphatic rings. The number of rotatable bonds is 4. The lowest BCUT2D eigenvalue weighted by Gasteiger charge is -2.11. The molecule has 2 rings (SSSR count). The zero-order valence-corrected chi connectivity index (χ0v) is 12.7.